The van der Waals surface area contributed by atoms with Crippen LogP contribution in [0.25, 0.3) is 0 Å². The summed E-state index contributed by atoms with van der Waals surface area (Å²) in [5.74, 6) is 1.18. The number of hydrogen-bond acceptors (Lipinski definition) is 6. The Balaban J connectivity index is 2.17. The largest absolute Gasteiger partial charge is 0.484 e. The monoisotopic (exact) mass is 283 g/mol. The van der Waals surface area contributed by atoms with E-state index in [1.807, 2.05) is 20.9 Å². The Kier molecular flexibility index (Phi) is 4.08. The number of aromatic nitrogens is 1. The van der Waals surface area contributed by atoms with Crippen molar-refractivity contribution in [3.05, 3.63) is 22.4 Å². The van der Waals surface area contributed by atoms with Gasteiger partial charge in [0.25, 0.3) is 0 Å². The van der Waals surface area contributed by atoms with Crippen molar-refractivity contribution in [1.29, 1.82) is 0 Å². The van der Waals surface area contributed by atoms with Crippen LogP contribution in [0.1, 0.15) is 18.7 Å². The van der Waals surface area contributed by atoms with E-state index >= 15 is 0 Å². The highest BCUT2D eigenvalue weighted by molar-refractivity contribution is 7.11. The van der Waals surface area contributed by atoms with Gasteiger partial charge in [0.1, 0.15) is 0 Å². The highest BCUT2D eigenvalue weighted by Crippen LogP contribution is 2.39. The Morgan fingerprint density at radius 2 is 2.28 bits per heavy atom. The van der Waals surface area contributed by atoms with E-state index in [0.717, 1.165) is 11.5 Å². The van der Waals surface area contributed by atoms with Crippen LogP contribution in [0.4, 0.5) is 10.8 Å². The molecule has 0 amide bonds. The van der Waals surface area contributed by atoms with Crippen LogP contribution in [0.3, 0.4) is 0 Å². The zero-order valence-electron chi connectivity index (χ0n) is 10.7. The lowest BCUT2D eigenvalue weighted by Gasteiger charge is -2.19. The van der Waals surface area contributed by atoms with Gasteiger partial charge in [-0.2, -0.15) is 4.37 Å². The van der Waals surface area contributed by atoms with Gasteiger partial charge in [-0.15, -0.1) is 11.3 Å². The number of nitrogen functional groups attached to an aromatic ring is 1. The Hall–Kier alpha value is -1.27. The van der Waals surface area contributed by atoms with Crippen LogP contribution >= 0.6 is 22.9 Å². The highest BCUT2D eigenvalue weighted by Gasteiger charge is 2.18. The van der Waals surface area contributed by atoms with Crippen LogP contribution in [0.2, 0.25) is 0 Å². The summed E-state index contributed by atoms with van der Waals surface area (Å²) < 4.78 is 9.92. The molecule has 0 aliphatic heterocycles. The normalized spacial score (nSPS) is 10.9. The van der Waals surface area contributed by atoms with Crippen molar-refractivity contribution < 1.29 is 4.74 Å². The summed E-state index contributed by atoms with van der Waals surface area (Å²) in [5, 5.41) is 3.06. The van der Waals surface area contributed by atoms with E-state index < -0.39 is 0 Å². The highest BCUT2D eigenvalue weighted by atomic mass is 32.1. The van der Waals surface area contributed by atoms with Crippen molar-refractivity contribution in [1.82, 2.24) is 4.37 Å². The third kappa shape index (κ3) is 2.94. The Morgan fingerprint density at radius 3 is 2.89 bits per heavy atom. The first kappa shape index (κ1) is 13.2. The molecule has 0 atom stereocenters. The molecule has 0 aromatic carbocycles. The number of hydrogen-bond donors (Lipinski definition) is 1. The fourth-order valence-corrected chi connectivity index (χ4v) is 3.05. The predicted molar refractivity (Wildman–Crippen MR) is 78.7 cm³/mol. The standard InChI is InChI=1S/C12H17N3OS2/c1-8(2)16-10-11(13)14-18-12(10)15(3)7-9-5-4-6-17-9/h4-6,8H,7H2,1-3H3,(H2,13,14). The summed E-state index contributed by atoms with van der Waals surface area (Å²) in [6.45, 7) is 4.81. The van der Waals surface area contributed by atoms with Crippen molar-refractivity contribution >= 4 is 33.7 Å². The number of ether oxygens (including phenoxy) is 1. The van der Waals surface area contributed by atoms with Gasteiger partial charge >= 0.3 is 0 Å². The summed E-state index contributed by atoms with van der Waals surface area (Å²) in [4.78, 5) is 3.43. The third-order valence-corrected chi connectivity index (χ3v) is 4.15. The third-order valence-electron chi connectivity index (χ3n) is 2.33. The van der Waals surface area contributed by atoms with Crippen LogP contribution in [-0.4, -0.2) is 17.5 Å². The van der Waals surface area contributed by atoms with Gasteiger partial charge in [-0.1, -0.05) is 6.07 Å². The molecule has 2 rings (SSSR count). The molecule has 98 valence electrons. The molecule has 2 heterocycles. The molecule has 0 unspecified atom stereocenters. The molecule has 2 aromatic rings. The van der Waals surface area contributed by atoms with Gasteiger partial charge in [-0.3, -0.25) is 0 Å². The lowest BCUT2D eigenvalue weighted by molar-refractivity contribution is 0.245. The molecule has 0 aliphatic rings. The number of thiophene rings is 1. The molecule has 0 fully saturated rings. The maximum atomic E-state index is 5.85. The Morgan fingerprint density at radius 1 is 1.50 bits per heavy atom. The van der Waals surface area contributed by atoms with E-state index in [-0.39, 0.29) is 6.10 Å². The van der Waals surface area contributed by atoms with E-state index in [1.54, 1.807) is 11.3 Å². The zero-order chi connectivity index (χ0) is 13.1. The summed E-state index contributed by atoms with van der Waals surface area (Å²) in [6.07, 6.45) is 0.0950. The van der Waals surface area contributed by atoms with Gasteiger partial charge in [0.15, 0.2) is 16.6 Å². The molecule has 2 N–H and O–H groups in total. The smallest absolute Gasteiger partial charge is 0.198 e. The number of nitrogens with zero attached hydrogens (tertiary/aromatic N) is 2. The van der Waals surface area contributed by atoms with Gasteiger partial charge < -0.3 is 15.4 Å². The molecule has 4 nitrogen and oxygen atoms in total. The molecule has 6 heteroatoms. The molecule has 0 aliphatic carbocycles. The van der Waals surface area contributed by atoms with Crippen LogP contribution in [0.15, 0.2) is 17.5 Å². The van der Waals surface area contributed by atoms with Gasteiger partial charge in [0.2, 0.25) is 0 Å². The van der Waals surface area contributed by atoms with Crippen LogP contribution in [0, 0.1) is 0 Å². The first-order chi connectivity index (χ1) is 8.58. The van der Waals surface area contributed by atoms with Crippen LogP contribution in [0.5, 0.6) is 5.75 Å². The molecule has 0 bridgehead atoms. The van der Waals surface area contributed by atoms with Crippen molar-refractivity contribution in [2.75, 3.05) is 17.7 Å². The van der Waals surface area contributed by atoms with E-state index in [2.05, 4.69) is 26.8 Å². The molecule has 0 saturated carbocycles. The second-order valence-electron chi connectivity index (χ2n) is 4.30. The van der Waals surface area contributed by atoms with Crippen molar-refractivity contribution in [2.45, 2.75) is 26.5 Å². The molecular weight excluding hydrogens is 266 g/mol. The van der Waals surface area contributed by atoms with Crippen LogP contribution in [-0.2, 0) is 6.54 Å². The second kappa shape index (κ2) is 5.58. The topological polar surface area (TPSA) is 51.4 Å². The average molecular weight is 283 g/mol. The lowest BCUT2D eigenvalue weighted by atomic mass is 10.4. The summed E-state index contributed by atoms with van der Waals surface area (Å²) in [7, 11) is 2.03. The van der Waals surface area contributed by atoms with E-state index in [0.29, 0.717) is 11.6 Å². The Labute approximate surface area is 115 Å². The number of rotatable bonds is 5. The average Bonchev–Trinajstić information content (AvgIpc) is 2.90. The second-order valence-corrected chi connectivity index (χ2v) is 6.09. The van der Waals surface area contributed by atoms with E-state index in [9.17, 15) is 0 Å². The lowest BCUT2D eigenvalue weighted by Crippen LogP contribution is -2.16. The number of anilines is 2. The minimum absolute atomic E-state index is 0.0950. The van der Waals surface area contributed by atoms with E-state index in [1.165, 1.54) is 16.4 Å². The summed E-state index contributed by atoms with van der Waals surface area (Å²) >= 11 is 3.12. The minimum Gasteiger partial charge on any atom is -0.484 e. The summed E-state index contributed by atoms with van der Waals surface area (Å²) in [6, 6.07) is 4.18. The van der Waals surface area contributed by atoms with E-state index in [4.69, 9.17) is 10.5 Å². The van der Waals surface area contributed by atoms with Gasteiger partial charge in [-0.25, -0.2) is 0 Å². The quantitative estimate of drug-likeness (QED) is 0.915. The molecule has 0 spiro atoms. The van der Waals surface area contributed by atoms with Gasteiger partial charge in [0, 0.05) is 11.9 Å². The molecule has 2 aromatic heterocycles. The maximum absolute atomic E-state index is 5.85. The Bertz CT molecular complexity index is 493. The van der Waals surface area contributed by atoms with Crippen molar-refractivity contribution in [3.63, 3.8) is 0 Å². The van der Waals surface area contributed by atoms with Crippen LogP contribution < -0.4 is 15.4 Å². The zero-order valence-corrected chi connectivity index (χ0v) is 12.3. The van der Waals surface area contributed by atoms with Crippen molar-refractivity contribution in [3.8, 4) is 5.75 Å². The molecule has 18 heavy (non-hydrogen) atoms. The fourth-order valence-electron chi connectivity index (χ4n) is 1.58. The molecule has 0 radical (unpaired) electrons. The first-order valence-electron chi connectivity index (χ1n) is 5.73. The first-order valence-corrected chi connectivity index (χ1v) is 7.38. The van der Waals surface area contributed by atoms with Gasteiger partial charge in [-0.05, 0) is 36.8 Å². The SMILES string of the molecule is CC(C)Oc1c(N)nsc1N(C)Cc1cccs1. The molecule has 0 saturated heterocycles. The molecular formula is C12H17N3OS2. The maximum Gasteiger partial charge on any atom is 0.198 e. The van der Waals surface area contributed by atoms with Crippen molar-refractivity contribution in [2.24, 2.45) is 0 Å². The number of nitrogens with two attached hydrogens (primary N) is 1. The van der Waals surface area contributed by atoms with Gasteiger partial charge in [0.05, 0.1) is 12.6 Å². The minimum atomic E-state index is 0.0950. The summed E-state index contributed by atoms with van der Waals surface area (Å²) in [5.41, 5.74) is 5.85. The fraction of sp³-hybridized carbons (Fsp3) is 0.417. The predicted octanol–water partition coefficient (Wildman–Crippen LogP) is 3.21.